The maximum Gasteiger partial charge on any atom is 0.234 e. The number of benzene rings is 1. The van der Waals surface area contributed by atoms with Crippen LogP contribution in [-0.2, 0) is 29.3 Å². The summed E-state index contributed by atoms with van der Waals surface area (Å²) in [6.45, 7) is 3.70. The molecule has 1 fully saturated rings. The van der Waals surface area contributed by atoms with Crippen molar-refractivity contribution in [2.45, 2.75) is 38.5 Å². The number of amides is 1. The predicted molar refractivity (Wildman–Crippen MR) is 112 cm³/mol. The number of ether oxygens (including phenoxy) is 1. The Balaban J connectivity index is 1.21. The number of hydrogen-bond acceptors (Lipinski definition) is 5. The van der Waals surface area contributed by atoms with Crippen molar-refractivity contribution in [2.24, 2.45) is 0 Å². The van der Waals surface area contributed by atoms with E-state index in [2.05, 4.69) is 26.3 Å². The van der Waals surface area contributed by atoms with Crippen molar-refractivity contribution >= 4 is 5.91 Å². The van der Waals surface area contributed by atoms with Gasteiger partial charge in [0, 0.05) is 31.4 Å². The van der Waals surface area contributed by atoms with Gasteiger partial charge in [0.05, 0.1) is 19.4 Å². The van der Waals surface area contributed by atoms with E-state index in [4.69, 9.17) is 9.15 Å². The molecule has 0 radical (unpaired) electrons. The Morgan fingerprint density at radius 2 is 2.20 bits per heavy atom. The van der Waals surface area contributed by atoms with Crippen LogP contribution in [0.4, 0.5) is 0 Å². The summed E-state index contributed by atoms with van der Waals surface area (Å²) in [5, 5.41) is 3.04. The Morgan fingerprint density at radius 3 is 3.03 bits per heavy atom. The minimum Gasteiger partial charge on any atom is -0.467 e. The monoisotopic (exact) mass is 408 g/mol. The van der Waals surface area contributed by atoms with E-state index in [0.717, 1.165) is 48.6 Å². The summed E-state index contributed by atoms with van der Waals surface area (Å²) < 4.78 is 11.0. The zero-order valence-corrected chi connectivity index (χ0v) is 17.0. The molecule has 2 N–H and O–H groups in total. The van der Waals surface area contributed by atoms with E-state index in [1.807, 2.05) is 36.5 Å². The first-order valence-electron chi connectivity index (χ1n) is 10.4. The summed E-state index contributed by atoms with van der Waals surface area (Å²) in [5.41, 5.74) is 2.14. The quantitative estimate of drug-likeness (QED) is 0.568. The van der Waals surface area contributed by atoms with Crippen LogP contribution >= 0.6 is 0 Å². The van der Waals surface area contributed by atoms with Crippen LogP contribution in [0, 0.1) is 0 Å². The number of furan rings is 1. The number of imidazole rings is 1. The standard InChI is InChI=1S/C23H28N4O3/c28-22(15-27-10-2-6-20(14-27)23-24-8-9-25-23)26-13-18-4-1-5-19(12-18)16-29-17-21-7-3-11-30-21/h1,3-5,7-9,11-12,20H,2,6,10,13-17H2,(H,24,25)(H,26,28)/t20-/m1/s1. The van der Waals surface area contributed by atoms with Gasteiger partial charge in [0.2, 0.25) is 5.91 Å². The average molecular weight is 409 g/mol. The molecule has 1 aliphatic rings. The van der Waals surface area contributed by atoms with Gasteiger partial charge in [-0.05, 0) is 42.6 Å². The maximum atomic E-state index is 12.5. The van der Waals surface area contributed by atoms with Crippen LogP contribution in [0.2, 0.25) is 0 Å². The van der Waals surface area contributed by atoms with Crippen LogP contribution in [-0.4, -0.2) is 40.4 Å². The molecule has 1 atom stereocenters. The molecule has 0 unspecified atom stereocenters. The van der Waals surface area contributed by atoms with Gasteiger partial charge in [-0.15, -0.1) is 0 Å². The molecule has 3 aromatic rings. The lowest BCUT2D eigenvalue weighted by Crippen LogP contribution is -2.42. The van der Waals surface area contributed by atoms with Gasteiger partial charge in [-0.3, -0.25) is 9.69 Å². The molecule has 0 saturated carbocycles. The smallest absolute Gasteiger partial charge is 0.234 e. The van der Waals surface area contributed by atoms with Crippen LogP contribution in [0.1, 0.15) is 41.5 Å². The second-order valence-electron chi connectivity index (χ2n) is 7.72. The molecule has 7 heteroatoms. The number of carbonyl (C=O) groups is 1. The second-order valence-corrected chi connectivity index (χ2v) is 7.72. The zero-order chi connectivity index (χ0) is 20.6. The van der Waals surface area contributed by atoms with Crippen molar-refractivity contribution in [1.29, 1.82) is 0 Å². The number of piperidine rings is 1. The van der Waals surface area contributed by atoms with Crippen molar-refractivity contribution in [3.8, 4) is 0 Å². The molecule has 4 rings (SSSR count). The van der Waals surface area contributed by atoms with Gasteiger partial charge in [-0.25, -0.2) is 4.98 Å². The predicted octanol–water partition coefficient (Wildman–Crippen LogP) is 3.22. The number of rotatable bonds is 9. The topological polar surface area (TPSA) is 83.4 Å². The molecule has 1 aromatic carbocycles. The molecule has 1 amide bonds. The molecule has 3 heterocycles. The van der Waals surface area contributed by atoms with E-state index in [-0.39, 0.29) is 5.91 Å². The summed E-state index contributed by atoms with van der Waals surface area (Å²) in [7, 11) is 0. The number of aromatic nitrogens is 2. The first-order chi connectivity index (χ1) is 14.8. The lowest BCUT2D eigenvalue weighted by Gasteiger charge is -2.31. The number of nitrogens with one attached hydrogen (secondary N) is 2. The van der Waals surface area contributed by atoms with Crippen LogP contribution in [0.3, 0.4) is 0 Å². The van der Waals surface area contributed by atoms with Gasteiger partial charge in [0.15, 0.2) is 0 Å². The second kappa shape index (κ2) is 10.2. The molecule has 158 valence electrons. The van der Waals surface area contributed by atoms with Crippen LogP contribution in [0.5, 0.6) is 0 Å². The van der Waals surface area contributed by atoms with E-state index < -0.39 is 0 Å². The summed E-state index contributed by atoms with van der Waals surface area (Å²) in [5.74, 6) is 2.26. The molecule has 0 bridgehead atoms. The highest BCUT2D eigenvalue weighted by Gasteiger charge is 2.24. The molecule has 0 spiro atoms. The number of likely N-dealkylation sites (tertiary alicyclic amines) is 1. The van der Waals surface area contributed by atoms with E-state index in [1.165, 1.54) is 0 Å². The van der Waals surface area contributed by atoms with Crippen LogP contribution in [0.15, 0.2) is 59.5 Å². The normalized spacial score (nSPS) is 17.1. The average Bonchev–Trinajstić information content (AvgIpc) is 3.47. The van der Waals surface area contributed by atoms with Crippen molar-refractivity contribution in [2.75, 3.05) is 19.6 Å². The van der Waals surface area contributed by atoms with Gasteiger partial charge >= 0.3 is 0 Å². The van der Waals surface area contributed by atoms with E-state index in [0.29, 0.717) is 32.2 Å². The van der Waals surface area contributed by atoms with Gasteiger partial charge in [0.25, 0.3) is 0 Å². The fourth-order valence-corrected chi connectivity index (χ4v) is 3.88. The molecular formula is C23H28N4O3. The van der Waals surface area contributed by atoms with Gasteiger partial charge in [-0.2, -0.15) is 0 Å². The van der Waals surface area contributed by atoms with Gasteiger partial charge in [-0.1, -0.05) is 24.3 Å². The van der Waals surface area contributed by atoms with Gasteiger partial charge < -0.3 is 19.5 Å². The van der Waals surface area contributed by atoms with Crippen LogP contribution < -0.4 is 5.32 Å². The Kier molecular flexibility index (Phi) is 6.95. The molecular weight excluding hydrogens is 380 g/mol. The molecule has 7 nitrogen and oxygen atoms in total. The SMILES string of the molecule is O=C(CN1CCC[C@@H](c2ncc[nH]2)C1)NCc1cccc(COCc2ccco2)c1. The summed E-state index contributed by atoms with van der Waals surface area (Å²) in [6.07, 6.45) is 7.48. The highest BCUT2D eigenvalue weighted by atomic mass is 16.5. The Morgan fingerprint density at radius 1 is 1.27 bits per heavy atom. The first-order valence-corrected chi connectivity index (χ1v) is 10.4. The Labute approximate surface area is 176 Å². The lowest BCUT2D eigenvalue weighted by atomic mass is 9.97. The molecule has 30 heavy (non-hydrogen) atoms. The lowest BCUT2D eigenvalue weighted by molar-refractivity contribution is -0.122. The number of hydrogen-bond donors (Lipinski definition) is 2. The molecule has 1 aliphatic heterocycles. The number of aromatic amines is 1. The van der Waals surface area contributed by atoms with Crippen LogP contribution in [0.25, 0.3) is 0 Å². The van der Waals surface area contributed by atoms with Crippen molar-refractivity contribution in [3.05, 3.63) is 77.8 Å². The molecule has 0 aliphatic carbocycles. The highest BCUT2D eigenvalue weighted by molar-refractivity contribution is 5.78. The van der Waals surface area contributed by atoms with E-state index in [9.17, 15) is 4.79 Å². The fraction of sp³-hybridized carbons (Fsp3) is 0.391. The Hall–Kier alpha value is -2.90. The zero-order valence-electron chi connectivity index (χ0n) is 17.0. The molecule has 1 saturated heterocycles. The maximum absolute atomic E-state index is 12.5. The number of carbonyl (C=O) groups excluding carboxylic acids is 1. The summed E-state index contributed by atoms with van der Waals surface area (Å²) in [4.78, 5) is 22.2. The summed E-state index contributed by atoms with van der Waals surface area (Å²) >= 11 is 0. The third kappa shape index (κ3) is 5.81. The minimum absolute atomic E-state index is 0.0505. The molecule has 2 aromatic heterocycles. The van der Waals surface area contributed by atoms with Crippen molar-refractivity contribution < 1.29 is 13.9 Å². The third-order valence-corrected chi connectivity index (χ3v) is 5.35. The third-order valence-electron chi connectivity index (χ3n) is 5.35. The summed E-state index contributed by atoms with van der Waals surface area (Å²) in [6, 6.07) is 11.8. The minimum atomic E-state index is 0.0505. The van der Waals surface area contributed by atoms with Crippen molar-refractivity contribution in [1.82, 2.24) is 20.2 Å². The first kappa shape index (κ1) is 20.4. The van der Waals surface area contributed by atoms with E-state index >= 15 is 0 Å². The highest BCUT2D eigenvalue weighted by Crippen LogP contribution is 2.23. The Bertz CT molecular complexity index is 908. The van der Waals surface area contributed by atoms with Crippen molar-refractivity contribution in [3.63, 3.8) is 0 Å². The van der Waals surface area contributed by atoms with E-state index in [1.54, 1.807) is 12.5 Å². The number of nitrogens with zero attached hydrogens (tertiary/aromatic N) is 2. The largest absolute Gasteiger partial charge is 0.467 e. The number of H-pyrrole nitrogens is 1. The van der Waals surface area contributed by atoms with Gasteiger partial charge in [0.1, 0.15) is 18.2 Å². The fourth-order valence-electron chi connectivity index (χ4n) is 3.88.